The number of nitrogens with one attached hydrogen (secondary N) is 1. The minimum atomic E-state index is -0.315. The molecule has 118 valence electrons. The van der Waals surface area contributed by atoms with Gasteiger partial charge in [-0.15, -0.1) is 0 Å². The van der Waals surface area contributed by atoms with Gasteiger partial charge in [0.15, 0.2) is 0 Å². The van der Waals surface area contributed by atoms with Crippen molar-refractivity contribution < 1.29 is 9.59 Å². The Morgan fingerprint density at radius 1 is 1.00 bits per heavy atom. The molecular weight excluding hydrogens is 266 g/mol. The summed E-state index contributed by atoms with van der Waals surface area (Å²) in [6.45, 7) is 5.85. The summed E-state index contributed by atoms with van der Waals surface area (Å²) in [6, 6.07) is 0. The quantitative estimate of drug-likeness (QED) is 0.786. The largest absolute Gasteiger partial charge is 0.314 e. The Hall–Kier alpha value is -0.940. The third-order valence-electron chi connectivity index (χ3n) is 5.37. The van der Waals surface area contributed by atoms with Gasteiger partial charge >= 0.3 is 0 Å². The first kappa shape index (κ1) is 15.0. The first-order valence-corrected chi connectivity index (χ1v) is 8.49. The molecule has 21 heavy (non-hydrogen) atoms. The van der Waals surface area contributed by atoms with Crippen LogP contribution in [0.4, 0.5) is 0 Å². The van der Waals surface area contributed by atoms with Gasteiger partial charge in [0.1, 0.15) is 0 Å². The van der Waals surface area contributed by atoms with Gasteiger partial charge in [0, 0.05) is 39.1 Å². The Kier molecular flexibility index (Phi) is 4.60. The van der Waals surface area contributed by atoms with Crippen molar-refractivity contribution in [3.8, 4) is 0 Å². The van der Waals surface area contributed by atoms with Gasteiger partial charge in [-0.1, -0.05) is 19.3 Å². The number of imide groups is 1. The number of amides is 2. The zero-order valence-electron chi connectivity index (χ0n) is 12.9. The number of carbonyl (C=O) groups is 2. The van der Waals surface area contributed by atoms with Gasteiger partial charge in [0.25, 0.3) is 0 Å². The highest BCUT2D eigenvalue weighted by Gasteiger charge is 2.51. The maximum Gasteiger partial charge on any atom is 0.235 e. The number of piperazine rings is 1. The van der Waals surface area contributed by atoms with Crippen molar-refractivity contribution >= 4 is 11.8 Å². The number of likely N-dealkylation sites (tertiary alicyclic amines) is 1. The fraction of sp³-hybridized carbons (Fsp3) is 0.875. The van der Waals surface area contributed by atoms with Crippen LogP contribution in [0, 0.1) is 5.41 Å². The Labute approximate surface area is 127 Å². The smallest absolute Gasteiger partial charge is 0.235 e. The molecule has 2 saturated heterocycles. The van der Waals surface area contributed by atoms with Gasteiger partial charge in [-0.05, 0) is 25.8 Å². The number of hydrogen-bond donors (Lipinski definition) is 1. The summed E-state index contributed by atoms with van der Waals surface area (Å²) >= 11 is 0. The molecule has 0 aromatic rings. The Morgan fingerprint density at radius 3 is 2.43 bits per heavy atom. The Bertz CT molecular complexity index is 398. The van der Waals surface area contributed by atoms with Crippen LogP contribution in [0.3, 0.4) is 0 Å². The summed E-state index contributed by atoms with van der Waals surface area (Å²) in [4.78, 5) is 28.9. The summed E-state index contributed by atoms with van der Waals surface area (Å²) in [6.07, 6.45) is 6.65. The van der Waals surface area contributed by atoms with E-state index in [2.05, 4.69) is 10.2 Å². The van der Waals surface area contributed by atoms with Gasteiger partial charge in [-0.2, -0.15) is 0 Å². The van der Waals surface area contributed by atoms with Crippen molar-refractivity contribution in [2.24, 2.45) is 5.41 Å². The van der Waals surface area contributed by atoms with Crippen molar-refractivity contribution in [1.29, 1.82) is 0 Å². The van der Waals surface area contributed by atoms with E-state index in [9.17, 15) is 9.59 Å². The average molecular weight is 293 g/mol. The molecule has 2 aliphatic heterocycles. The molecule has 3 rings (SSSR count). The summed E-state index contributed by atoms with van der Waals surface area (Å²) in [7, 11) is 0. The van der Waals surface area contributed by atoms with Crippen LogP contribution in [0.25, 0.3) is 0 Å². The van der Waals surface area contributed by atoms with E-state index >= 15 is 0 Å². The number of hydrogen-bond acceptors (Lipinski definition) is 4. The zero-order valence-corrected chi connectivity index (χ0v) is 12.9. The van der Waals surface area contributed by atoms with Crippen molar-refractivity contribution in [2.75, 3.05) is 39.3 Å². The molecule has 1 saturated carbocycles. The normalized spacial score (nSPS) is 26.8. The van der Waals surface area contributed by atoms with E-state index in [0.29, 0.717) is 13.0 Å². The lowest BCUT2D eigenvalue weighted by atomic mass is 9.73. The molecule has 0 unspecified atom stereocenters. The number of carbonyl (C=O) groups excluding carboxylic acids is 2. The first-order chi connectivity index (χ1) is 10.2. The van der Waals surface area contributed by atoms with Gasteiger partial charge in [0.05, 0.1) is 5.41 Å². The average Bonchev–Trinajstić information content (AvgIpc) is 2.73. The lowest BCUT2D eigenvalue weighted by molar-refractivity contribution is -0.142. The summed E-state index contributed by atoms with van der Waals surface area (Å²) in [5.74, 6) is 0.203. The highest BCUT2D eigenvalue weighted by Crippen LogP contribution is 2.45. The molecule has 2 amide bonds. The van der Waals surface area contributed by atoms with E-state index in [4.69, 9.17) is 0 Å². The third kappa shape index (κ3) is 3.14. The third-order valence-corrected chi connectivity index (χ3v) is 5.37. The molecule has 2 heterocycles. The molecule has 1 N–H and O–H groups in total. The van der Waals surface area contributed by atoms with Crippen molar-refractivity contribution in [2.45, 2.75) is 44.9 Å². The van der Waals surface area contributed by atoms with Crippen LogP contribution in [0.15, 0.2) is 0 Å². The van der Waals surface area contributed by atoms with Crippen LogP contribution in [-0.4, -0.2) is 60.9 Å². The van der Waals surface area contributed by atoms with E-state index in [1.54, 1.807) is 4.90 Å². The molecule has 0 aromatic heterocycles. The summed E-state index contributed by atoms with van der Waals surface area (Å²) in [5, 5.41) is 3.34. The SMILES string of the molecule is O=C1CC2(CCCCC2)C(=O)N1CCCN1CCNCC1. The maximum atomic E-state index is 12.7. The number of nitrogens with zero attached hydrogens (tertiary/aromatic N) is 2. The van der Waals surface area contributed by atoms with Crippen LogP contribution < -0.4 is 5.32 Å². The van der Waals surface area contributed by atoms with Gasteiger partial charge in [-0.25, -0.2) is 0 Å². The monoisotopic (exact) mass is 293 g/mol. The second-order valence-electron chi connectivity index (χ2n) is 6.81. The minimum absolute atomic E-state index is 0.0715. The van der Waals surface area contributed by atoms with E-state index in [1.165, 1.54) is 6.42 Å². The van der Waals surface area contributed by atoms with Crippen molar-refractivity contribution in [3.05, 3.63) is 0 Å². The molecule has 0 radical (unpaired) electrons. The van der Waals surface area contributed by atoms with E-state index in [-0.39, 0.29) is 17.2 Å². The van der Waals surface area contributed by atoms with E-state index < -0.39 is 0 Å². The van der Waals surface area contributed by atoms with E-state index in [1.807, 2.05) is 0 Å². The molecule has 1 aliphatic carbocycles. The standard InChI is InChI=1S/C16H27N3O2/c20-14-13-16(5-2-1-3-6-16)15(21)19(14)10-4-9-18-11-7-17-8-12-18/h17H,1-13H2. The molecule has 0 atom stereocenters. The topological polar surface area (TPSA) is 52.7 Å². The Morgan fingerprint density at radius 2 is 1.71 bits per heavy atom. The molecule has 3 aliphatic rings. The van der Waals surface area contributed by atoms with Gasteiger partial charge in [0.2, 0.25) is 11.8 Å². The second-order valence-corrected chi connectivity index (χ2v) is 6.81. The lowest BCUT2D eigenvalue weighted by Gasteiger charge is -2.31. The molecular formula is C16H27N3O2. The highest BCUT2D eigenvalue weighted by molar-refractivity contribution is 6.05. The molecule has 0 bridgehead atoms. The molecule has 0 aromatic carbocycles. The minimum Gasteiger partial charge on any atom is -0.314 e. The molecule has 5 heteroatoms. The van der Waals surface area contributed by atoms with Crippen LogP contribution in [0.5, 0.6) is 0 Å². The first-order valence-electron chi connectivity index (χ1n) is 8.49. The maximum absolute atomic E-state index is 12.7. The van der Waals surface area contributed by atoms with Crippen molar-refractivity contribution in [1.82, 2.24) is 15.1 Å². The van der Waals surface area contributed by atoms with E-state index in [0.717, 1.165) is 64.8 Å². The predicted octanol–water partition coefficient (Wildman–Crippen LogP) is 0.991. The van der Waals surface area contributed by atoms with Crippen LogP contribution in [0.1, 0.15) is 44.9 Å². The summed E-state index contributed by atoms with van der Waals surface area (Å²) in [5.41, 5.74) is -0.315. The van der Waals surface area contributed by atoms with Gasteiger partial charge < -0.3 is 10.2 Å². The zero-order chi connectivity index (χ0) is 14.7. The van der Waals surface area contributed by atoms with Crippen molar-refractivity contribution in [3.63, 3.8) is 0 Å². The molecule has 3 fully saturated rings. The highest BCUT2D eigenvalue weighted by atomic mass is 16.2. The molecule has 1 spiro atoms. The predicted molar refractivity (Wildman–Crippen MR) is 80.8 cm³/mol. The summed E-state index contributed by atoms with van der Waals surface area (Å²) < 4.78 is 0. The second kappa shape index (κ2) is 6.44. The van der Waals surface area contributed by atoms with Gasteiger partial charge in [-0.3, -0.25) is 14.5 Å². The van der Waals surface area contributed by atoms with Crippen LogP contribution in [-0.2, 0) is 9.59 Å². The number of rotatable bonds is 4. The van der Waals surface area contributed by atoms with Crippen LogP contribution >= 0.6 is 0 Å². The fourth-order valence-electron chi connectivity index (χ4n) is 4.09. The Balaban J connectivity index is 1.50. The van der Waals surface area contributed by atoms with Crippen LogP contribution in [0.2, 0.25) is 0 Å². The lowest BCUT2D eigenvalue weighted by Crippen LogP contribution is -2.44. The fourth-order valence-corrected chi connectivity index (χ4v) is 4.09. The molecule has 5 nitrogen and oxygen atoms in total.